The second-order valence-corrected chi connectivity index (χ2v) is 5.55. The van der Waals surface area contributed by atoms with E-state index < -0.39 is 0 Å². The predicted molar refractivity (Wildman–Crippen MR) is 83.3 cm³/mol. The summed E-state index contributed by atoms with van der Waals surface area (Å²) in [6.07, 6.45) is 0.142. The van der Waals surface area contributed by atoms with E-state index in [2.05, 4.69) is 27.6 Å². The summed E-state index contributed by atoms with van der Waals surface area (Å²) in [6, 6.07) is 7.19. The molecule has 116 valence electrons. The van der Waals surface area contributed by atoms with E-state index in [1.807, 2.05) is 17.1 Å². The van der Waals surface area contributed by atoms with E-state index in [1.54, 1.807) is 12.1 Å². The second-order valence-electron chi connectivity index (χ2n) is 5.55. The summed E-state index contributed by atoms with van der Waals surface area (Å²) < 4.78 is 0. The van der Waals surface area contributed by atoms with Crippen molar-refractivity contribution in [2.24, 2.45) is 0 Å². The van der Waals surface area contributed by atoms with Gasteiger partial charge in [-0.2, -0.15) is 5.10 Å². The van der Waals surface area contributed by atoms with Crippen LogP contribution in [0.5, 0.6) is 0 Å². The van der Waals surface area contributed by atoms with Gasteiger partial charge in [0.15, 0.2) is 0 Å². The summed E-state index contributed by atoms with van der Waals surface area (Å²) in [5.74, 6) is -0.116. The van der Waals surface area contributed by atoms with Crippen molar-refractivity contribution in [3.63, 3.8) is 0 Å². The third kappa shape index (κ3) is 3.15. The molecule has 0 bridgehead atoms. The minimum atomic E-state index is -0.237. The molecule has 0 saturated carbocycles. The van der Waals surface area contributed by atoms with Crippen molar-refractivity contribution in [3.05, 3.63) is 40.3 Å². The molecule has 1 aromatic heterocycles. The Morgan fingerprint density at radius 1 is 1.23 bits per heavy atom. The molecule has 22 heavy (non-hydrogen) atoms. The minimum absolute atomic E-state index is 0.116. The largest absolute Gasteiger partial charge is 0.304 e. The van der Waals surface area contributed by atoms with Gasteiger partial charge < -0.3 is 4.90 Å². The molecule has 1 aromatic carbocycles. The number of rotatable bonds is 3. The maximum Gasteiger partial charge on any atom is 0.272 e. The summed E-state index contributed by atoms with van der Waals surface area (Å²) in [5, 5.41) is 9.68. The SMILES string of the molecule is CN1CCN(NC(=O)Cc2n[nH]c(=O)c3ccccc23)CC1. The number of piperazine rings is 1. The number of nitrogens with one attached hydrogen (secondary N) is 2. The lowest BCUT2D eigenvalue weighted by molar-refractivity contribution is -0.126. The fourth-order valence-corrected chi connectivity index (χ4v) is 2.59. The molecule has 0 spiro atoms. The molecule has 0 unspecified atom stereocenters. The lowest BCUT2D eigenvalue weighted by Gasteiger charge is -2.32. The number of aromatic amines is 1. The van der Waals surface area contributed by atoms with Crippen LogP contribution < -0.4 is 11.0 Å². The normalized spacial score (nSPS) is 16.8. The number of carbonyl (C=O) groups excluding carboxylic acids is 1. The van der Waals surface area contributed by atoms with Crippen LogP contribution in [0, 0.1) is 0 Å². The Morgan fingerprint density at radius 2 is 1.91 bits per heavy atom. The summed E-state index contributed by atoms with van der Waals surface area (Å²) in [6.45, 7) is 3.48. The Bertz CT molecular complexity index is 734. The van der Waals surface area contributed by atoms with Crippen molar-refractivity contribution in [2.45, 2.75) is 6.42 Å². The molecule has 0 atom stereocenters. The van der Waals surface area contributed by atoms with Gasteiger partial charge in [0.1, 0.15) is 0 Å². The van der Waals surface area contributed by atoms with Gasteiger partial charge in [0, 0.05) is 31.6 Å². The number of benzene rings is 1. The molecule has 1 aliphatic rings. The Morgan fingerprint density at radius 3 is 2.64 bits per heavy atom. The minimum Gasteiger partial charge on any atom is -0.304 e. The zero-order valence-electron chi connectivity index (χ0n) is 12.5. The number of nitrogens with zero attached hydrogens (tertiary/aromatic N) is 3. The van der Waals surface area contributed by atoms with Gasteiger partial charge >= 0.3 is 0 Å². The van der Waals surface area contributed by atoms with Crippen molar-refractivity contribution >= 4 is 16.7 Å². The van der Waals surface area contributed by atoms with Gasteiger partial charge in [0.25, 0.3) is 5.56 Å². The van der Waals surface area contributed by atoms with Crippen LogP contribution in [0.25, 0.3) is 10.8 Å². The highest BCUT2D eigenvalue weighted by molar-refractivity contribution is 5.88. The Balaban J connectivity index is 1.72. The van der Waals surface area contributed by atoms with Crippen molar-refractivity contribution in [3.8, 4) is 0 Å². The number of H-pyrrole nitrogens is 1. The summed E-state index contributed by atoms with van der Waals surface area (Å²) in [5.41, 5.74) is 3.25. The van der Waals surface area contributed by atoms with Crippen molar-refractivity contribution in [1.29, 1.82) is 0 Å². The van der Waals surface area contributed by atoms with Crippen molar-refractivity contribution in [2.75, 3.05) is 33.2 Å². The topological polar surface area (TPSA) is 81.3 Å². The molecule has 1 amide bonds. The van der Waals surface area contributed by atoms with Gasteiger partial charge in [-0.15, -0.1) is 0 Å². The van der Waals surface area contributed by atoms with Crippen molar-refractivity contribution in [1.82, 2.24) is 25.5 Å². The molecule has 7 heteroatoms. The van der Waals surface area contributed by atoms with Crippen LogP contribution in [0.1, 0.15) is 5.69 Å². The molecule has 2 aromatic rings. The summed E-state index contributed by atoms with van der Waals surface area (Å²) >= 11 is 0. The lowest BCUT2D eigenvalue weighted by atomic mass is 10.1. The van der Waals surface area contributed by atoms with Gasteiger partial charge in [-0.05, 0) is 13.1 Å². The number of likely N-dealkylation sites (N-methyl/N-ethyl adjacent to an activating group) is 1. The highest BCUT2D eigenvalue weighted by atomic mass is 16.2. The zero-order valence-corrected chi connectivity index (χ0v) is 12.5. The van der Waals surface area contributed by atoms with E-state index >= 15 is 0 Å². The zero-order chi connectivity index (χ0) is 15.5. The second kappa shape index (κ2) is 6.25. The van der Waals surface area contributed by atoms with Crippen LogP contribution in [0.4, 0.5) is 0 Å². The van der Waals surface area contributed by atoms with Crippen LogP contribution in [0.3, 0.4) is 0 Å². The number of hydrogen-bond donors (Lipinski definition) is 2. The number of hydrazine groups is 1. The van der Waals surface area contributed by atoms with Crippen molar-refractivity contribution < 1.29 is 4.79 Å². The standard InChI is InChI=1S/C15H19N5O2/c1-19-6-8-20(9-7-19)18-14(21)10-13-11-4-2-3-5-12(11)15(22)17-16-13/h2-5H,6-10H2,1H3,(H,17,22)(H,18,21). The molecule has 1 saturated heterocycles. The van der Waals surface area contributed by atoms with Crippen LogP contribution in [-0.4, -0.2) is 59.2 Å². The summed E-state index contributed by atoms with van der Waals surface area (Å²) in [7, 11) is 2.07. The average Bonchev–Trinajstić information content (AvgIpc) is 2.53. The highest BCUT2D eigenvalue weighted by Gasteiger charge is 2.17. The summed E-state index contributed by atoms with van der Waals surface area (Å²) in [4.78, 5) is 26.1. The maximum absolute atomic E-state index is 12.2. The number of amides is 1. The first-order valence-electron chi connectivity index (χ1n) is 7.33. The quantitative estimate of drug-likeness (QED) is 0.817. The predicted octanol–water partition coefficient (Wildman–Crippen LogP) is -0.256. The first kappa shape index (κ1) is 14.7. The molecule has 0 aliphatic carbocycles. The van der Waals surface area contributed by atoms with E-state index in [0.717, 1.165) is 31.6 Å². The molecule has 0 radical (unpaired) electrons. The van der Waals surface area contributed by atoms with E-state index in [9.17, 15) is 9.59 Å². The van der Waals surface area contributed by atoms with Gasteiger partial charge in [0.2, 0.25) is 5.91 Å². The average molecular weight is 301 g/mol. The molecule has 2 N–H and O–H groups in total. The highest BCUT2D eigenvalue weighted by Crippen LogP contribution is 2.12. The number of hydrogen-bond acceptors (Lipinski definition) is 5. The molecule has 2 heterocycles. The lowest BCUT2D eigenvalue weighted by Crippen LogP contribution is -2.52. The van der Waals surface area contributed by atoms with E-state index in [-0.39, 0.29) is 17.9 Å². The molecular weight excluding hydrogens is 282 g/mol. The molecule has 1 aliphatic heterocycles. The van der Waals surface area contributed by atoms with Gasteiger partial charge in [-0.3, -0.25) is 15.0 Å². The Hall–Kier alpha value is -2.25. The van der Waals surface area contributed by atoms with E-state index in [4.69, 9.17) is 0 Å². The van der Waals surface area contributed by atoms with Gasteiger partial charge in [-0.1, -0.05) is 18.2 Å². The van der Waals surface area contributed by atoms with E-state index in [0.29, 0.717) is 11.1 Å². The fourth-order valence-electron chi connectivity index (χ4n) is 2.59. The van der Waals surface area contributed by atoms with E-state index in [1.165, 1.54) is 0 Å². The first-order chi connectivity index (χ1) is 10.6. The van der Waals surface area contributed by atoms with Gasteiger partial charge in [0.05, 0.1) is 17.5 Å². The van der Waals surface area contributed by atoms with Crippen LogP contribution in [0.2, 0.25) is 0 Å². The van der Waals surface area contributed by atoms with Gasteiger partial charge in [-0.25, -0.2) is 10.1 Å². The third-order valence-corrected chi connectivity index (χ3v) is 3.89. The fraction of sp³-hybridized carbons (Fsp3) is 0.400. The monoisotopic (exact) mass is 301 g/mol. The molecular formula is C15H19N5O2. The smallest absolute Gasteiger partial charge is 0.272 e. The Kier molecular flexibility index (Phi) is 4.17. The Labute approximate surface area is 127 Å². The number of aromatic nitrogens is 2. The van der Waals surface area contributed by atoms with Crippen LogP contribution >= 0.6 is 0 Å². The van der Waals surface area contributed by atoms with Crippen LogP contribution in [0.15, 0.2) is 29.1 Å². The number of fused-ring (bicyclic) bond motifs is 1. The van der Waals surface area contributed by atoms with Crippen LogP contribution in [-0.2, 0) is 11.2 Å². The molecule has 1 fully saturated rings. The number of carbonyl (C=O) groups is 1. The first-order valence-corrected chi connectivity index (χ1v) is 7.33. The molecule has 3 rings (SSSR count). The third-order valence-electron chi connectivity index (χ3n) is 3.89. The maximum atomic E-state index is 12.2. The molecule has 7 nitrogen and oxygen atoms in total.